The van der Waals surface area contributed by atoms with E-state index in [2.05, 4.69) is 10.5 Å². The summed E-state index contributed by atoms with van der Waals surface area (Å²) in [6.07, 6.45) is 4.51. The predicted octanol–water partition coefficient (Wildman–Crippen LogP) is 1.38. The van der Waals surface area contributed by atoms with Crippen LogP contribution in [-0.4, -0.2) is 22.4 Å². The van der Waals surface area contributed by atoms with Crippen molar-refractivity contribution in [3.8, 4) is 0 Å². The molecule has 84 valence electrons. The third kappa shape index (κ3) is 2.38. The van der Waals surface area contributed by atoms with Gasteiger partial charge in [-0.15, -0.1) is 0 Å². The van der Waals surface area contributed by atoms with Crippen molar-refractivity contribution in [1.82, 2.24) is 10.5 Å². The molecule has 0 amide bonds. The molecule has 1 fully saturated rings. The molecule has 15 heavy (non-hydrogen) atoms. The number of nitrogens with zero attached hydrogens (tertiary/aromatic N) is 1. The maximum absolute atomic E-state index is 9.39. The van der Waals surface area contributed by atoms with Crippen LogP contribution in [0.1, 0.15) is 37.1 Å². The zero-order valence-electron chi connectivity index (χ0n) is 9.12. The summed E-state index contributed by atoms with van der Waals surface area (Å²) in [5, 5.41) is 16.7. The zero-order chi connectivity index (χ0) is 10.7. The van der Waals surface area contributed by atoms with Crippen molar-refractivity contribution in [2.75, 3.05) is 6.61 Å². The van der Waals surface area contributed by atoms with Gasteiger partial charge in [0, 0.05) is 18.2 Å². The normalized spacial score (nSPS) is 19.6. The summed E-state index contributed by atoms with van der Waals surface area (Å²) in [6, 6.07) is 1.92. The van der Waals surface area contributed by atoms with Crippen LogP contribution in [0.15, 0.2) is 10.6 Å². The molecule has 1 aromatic heterocycles. The Morgan fingerprint density at radius 1 is 1.53 bits per heavy atom. The molecule has 1 saturated carbocycles. The van der Waals surface area contributed by atoms with Gasteiger partial charge < -0.3 is 14.9 Å². The summed E-state index contributed by atoms with van der Waals surface area (Å²) >= 11 is 0. The van der Waals surface area contributed by atoms with Crippen LogP contribution in [0.3, 0.4) is 0 Å². The minimum absolute atomic E-state index is 0.0765. The monoisotopic (exact) mass is 210 g/mol. The molecule has 0 radical (unpaired) electrons. The number of aliphatic hydroxyl groups excluding tert-OH is 1. The first-order valence-corrected chi connectivity index (χ1v) is 5.52. The van der Waals surface area contributed by atoms with E-state index in [0.29, 0.717) is 6.54 Å². The predicted molar refractivity (Wildman–Crippen MR) is 56.4 cm³/mol. The summed E-state index contributed by atoms with van der Waals surface area (Å²) in [5.74, 6) is 0.830. The van der Waals surface area contributed by atoms with Crippen molar-refractivity contribution in [2.45, 2.75) is 44.7 Å². The van der Waals surface area contributed by atoms with Crippen LogP contribution >= 0.6 is 0 Å². The van der Waals surface area contributed by atoms with Gasteiger partial charge in [-0.3, -0.25) is 0 Å². The Kier molecular flexibility index (Phi) is 3.07. The van der Waals surface area contributed by atoms with Gasteiger partial charge in [0.2, 0.25) is 0 Å². The smallest absolute Gasteiger partial charge is 0.133 e. The summed E-state index contributed by atoms with van der Waals surface area (Å²) in [4.78, 5) is 0. The lowest BCUT2D eigenvalue weighted by atomic mass is 9.99. The molecule has 0 atom stereocenters. The fourth-order valence-corrected chi connectivity index (χ4v) is 2.22. The molecule has 1 aliphatic rings. The molecule has 4 nitrogen and oxygen atoms in total. The Balaban J connectivity index is 1.91. The molecule has 0 aromatic carbocycles. The van der Waals surface area contributed by atoms with Crippen molar-refractivity contribution in [1.29, 1.82) is 0 Å². The molecule has 0 unspecified atom stereocenters. The number of hydrogen-bond acceptors (Lipinski definition) is 4. The lowest BCUT2D eigenvalue weighted by Crippen LogP contribution is -2.45. The van der Waals surface area contributed by atoms with E-state index in [1.54, 1.807) is 0 Å². The molecule has 1 aromatic rings. The number of aliphatic hydroxyl groups is 1. The minimum Gasteiger partial charge on any atom is -0.394 e. The van der Waals surface area contributed by atoms with E-state index < -0.39 is 0 Å². The molecule has 0 bridgehead atoms. The van der Waals surface area contributed by atoms with Crippen molar-refractivity contribution in [3.63, 3.8) is 0 Å². The van der Waals surface area contributed by atoms with Gasteiger partial charge in [0.05, 0.1) is 12.3 Å². The fraction of sp³-hybridized carbons (Fsp3) is 0.727. The number of aryl methyl sites for hydroxylation is 1. The van der Waals surface area contributed by atoms with E-state index >= 15 is 0 Å². The second-order valence-corrected chi connectivity index (χ2v) is 4.43. The summed E-state index contributed by atoms with van der Waals surface area (Å²) in [7, 11) is 0. The number of nitrogens with one attached hydrogen (secondary N) is 1. The van der Waals surface area contributed by atoms with Crippen molar-refractivity contribution >= 4 is 0 Å². The largest absolute Gasteiger partial charge is 0.394 e. The summed E-state index contributed by atoms with van der Waals surface area (Å²) in [6.45, 7) is 2.77. The molecule has 1 aliphatic carbocycles. The van der Waals surface area contributed by atoms with Crippen LogP contribution in [0.5, 0.6) is 0 Å². The standard InChI is InChI=1S/C11H18N2O2/c1-9-6-10(13-15-9)7-12-11(8-14)4-2-3-5-11/h6,12,14H,2-5,7-8H2,1H3. The number of aromatic nitrogens is 1. The SMILES string of the molecule is Cc1cc(CNC2(CO)CCCC2)no1. The summed E-state index contributed by atoms with van der Waals surface area (Å²) in [5.41, 5.74) is 0.833. The second kappa shape index (κ2) is 4.33. The van der Waals surface area contributed by atoms with Crippen LogP contribution in [-0.2, 0) is 6.54 Å². The summed E-state index contributed by atoms with van der Waals surface area (Å²) < 4.78 is 4.99. The van der Waals surface area contributed by atoms with Crippen LogP contribution in [0.4, 0.5) is 0 Å². The molecule has 0 spiro atoms. The van der Waals surface area contributed by atoms with Gasteiger partial charge in [0.25, 0.3) is 0 Å². The first-order chi connectivity index (χ1) is 7.24. The number of rotatable bonds is 4. The maximum atomic E-state index is 9.39. The molecule has 2 N–H and O–H groups in total. The van der Waals surface area contributed by atoms with Gasteiger partial charge in [-0.25, -0.2) is 0 Å². The molecular weight excluding hydrogens is 192 g/mol. The average Bonchev–Trinajstić information content (AvgIpc) is 2.85. The van der Waals surface area contributed by atoms with E-state index in [9.17, 15) is 5.11 Å². The second-order valence-electron chi connectivity index (χ2n) is 4.43. The van der Waals surface area contributed by atoms with Crippen molar-refractivity contribution < 1.29 is 9.63 Å². The van der Waals surface area contributed by atoms with E-state index in [1.807, 2.05) is 13.0 Å². The van der Waals surface area contributed by atoms with Crippen LogP contribution in [0.2, 0.25) is 0 Å². The highest BCUT2D eigenvalue weighted by molar-refractivity contribution is 5.04. The van der Waals surface area contributed by atoms with Gasteiger partial charge in [0.15, 0.2) is 0 Å². The van der Waals surface area contributed by atoms with Gasteiger partial charge in [-0.1, -0.05) is 18.0 Å². The van der Waals surface area contributed by atoms with Gasteiger partial charge in [0.1, 0.15) is 5.76 Å². The third-order valence-electron chi connectivity index (χ3n) is 3.18. The third-order valence-corrected chi connectivity index (χ3v) is 3.18. The van der Waals surface area contributed by atoms with E-state index in [4.69, 9.17) is 4.52 Å². The Bertz CT molecular complexity index is 316. The first kappa shape index (κ1) is 10.6. The Morgan fingerprint density at radius 2 is 2.27 bits per heavy atom. The highest BCUT2D eigenvalue weighted by atomic mass is 16.5. The highest BCUT2D eigenvalue weighted by Crippen LogP contribution is 2.29. The molecule has 0 saturated heterocycles. The van der Waals surface area contributed by atoms with Gasteiger partial charge in [-0.2, -0.15) is 0 Å². The Hall–Kier alpha value is -0.870. The first-order valence-electron chi connectivity index (χ1n) is 5.52. The Morgan fingerprint density at radius 3 is 2.80 bits per heavy atom. The molecule has 2 rings (SSSR count). The van der Waals surface area contributed by atoms with Crippen molar-refractivity contribution in [3.05, 3.63) is 17.5 Å². The Labute approximate surface area is 89.7 Å². The average molecular weight is 210 g/mol. The van der Waals surface area contributed by atoms with Crippen LogP contribution in [0, 0.1) is 6.92 Å². The lowest BCUT2D eigenvalue weighted by Gasteiger charge is -2.27. The molecule has 0 aliphatic heterocycles. The number of hydrogen-bond donors (Lipinski definition) is 2. The fourth-order valence-electron chi connectivity index (χ4n) is 2.22. The van der Waals surface area contributed by atoms with Crippen LogP contribution < -0.4 is 5.32 Å². The quantitative estimate of drug-likeness (QED) is 0.788. The van der Waals surface area contributed by atoms with Gasteiger partial charge >= 0.3 is 0 Å². The van der Waals surface area contributed by atoms with Gasteiger partial charge in [-0.05, 0) is 19.8 Å². The van der Waals surface area contributed by atoms with Crippen molar-refractivity contribution in [2.24, 2.45) is 0 Å². The topological polar surface area (TPSA) is 58.3 Å². The minimum atomic E-state index is -0.0765. The molecule has 1 heterocycles. The zero-order valence-corrected chi connectivity index (χ0v) is 9.12. The molecular formula is C11H18N2O2. The lowest BCUT2D eigenvalue weighted by molar-refractivity contribution is 0.162. The van der Waals surface area contributed by atoms with E-state index in [0.717, 1.165) is 24.3 Å². The van der Waals surface area contributed by atoms with Crippen LogP contribution in [0.25, 0.3) is 0 Å². The molecule has 4 heteroatoms. The maximum Gasteiger partial charge on any atom is 0.133 e. The van der Waals surface area contributed by atoms with E-state index in [1.165, 1.54) is 12.8 Å². The highest BCUT2D eigenvalue weighted by Gasteiger charge is 2.32. The van der Waals surface area contributed by atoms with E-state index in [-0.39, 0.29) is 12.1 Å².